The standard InChI is InChI=1S/C17H20N4O5/c1-17(2,3)26-16(25)19-6-7-21(14(22)10-19)13-9-20-8-11(15(23)24)4-5-12(20)18-13/h4-5,8-9H,6-7,10H2,1-3H3,(H,23,24). The van der Waals surface area contributed by atoms with Crippen molar-refractivity contribution < 1.29 is 24.2 Å². The minimum atomic E-state index is -1.04. The lowest BCUT2D eigenvalue weighted by Crippen LogP contribution is -2.53. The van der Waals surface area contributed by atoms with Crippen molar-refractivity contribution >= 4 is 29.4 Å². The zero-order chi connectivity index (χ0) is 19.1. The van der Waals surface area contributed by atoms with E-state index in [9.17, 15) is 14.4 Å². The normalized spacial score (nSPS) is 15.4. The molecule has 0 radical (unpaired) electrons. The van der Waals surface area contributed by atoms with Crippen molar-refractivity contribution in [1.29, 1.82) is 0 Å². The van der Waals surface area contributed by atoms with Gasteiger partial charge in [0.05, 0.1) is 11.8 Å². The van der Waals surface area contributed by atoms with Gasteiger partial charge in [0.15, 0.2) is 5.82 Å². The van der Waals surface area contributed by atoms with Gasteiger partial charge in [0, 0.05) is 19.3 Å². The quantitative estimate of drug-likeness (QED) is 0.872. The number of ether oxygens (including phenoxy) is 1. The number of hydrogen-bond donors (Lipinski definition) is 1. The van der Waals surface area contributed by atoms with Gasteiger partial charge in [-0.25, -0.2) is 14.6 Å². The molecule has 9 nitrogen and oxygen atoms in total. The zero-order valence-electron chi connectivity index (χ0n) is 14.8. The summed E-state index contributed by atoms with van der Waals surface area (Å²) in [5.41, 5.74) is 0.0376. The summed E-state index contributed by atoms with van der Waals surface area (Å²) in [6.07, 6.45) is 2.52. The molecule has 26 heavy (non-hydrogen) atoms. The molecule has 1 aliphatic rings. The van der Waals surface area contributed by atoms with E-state index in [1.54, 1.807) is 37.4 Å². The molecule has 1 fully saturated rings. The summed E-state index contributed by atoms with van der Waals surface area (Å²) in [4.78, 5) is 42.8. The molecule has 9 heteroatoms. The first-order valence-electron chi connectivity index (χ1n) is 8.14. The van der Waals surface area contributed by atoms with Crippen molar-refractivity contribution in [2.24, 2.45) is 0 Å². The maximum atomic E-state index is 12.5. The van der Waals surface area contributed by atoms with Gasteiger partial charge in [-0.3, -0.25) is 14.6 Å². The van der Waals surface area contributed by atoms with Crippen molar-refractivity contribution in [1.82, 2.24) is 14.3 Å². The molecule has 3 heterocycles. The molecule has 1 saturated heterocycles. The molecule has 3 rings (SSSR count). The topological polar surface area (TPSA) is 104 Å². The molecule has 2 aromatic rings. The molecule has 2 aromatic heterocycles. The van der Waals surface area contributed by atoms with E-state index in [0.29, 0.717) is 18.0 Å². The summed E-state index contributed by atoms with van der Waals surface area (Å²) in [7, 11) is 0. The van der Waals surface area contributed by atoms with E-state index in [2.05, 4.69) is 4.98 Å². The van der Waals surface area contributed by atoms with Gasteiger partial charge in [-0.05, 0) is 32.9 Å². The number of pyridine rings is 1. The molecule has 2 amide bonds. The minimum absolute atomic E-state index is 0.0941. The monoisotopic (exact) mass is 360 g/mol. The summed E-state index contributed by atoms with van der Waals surface area (Å²) < 4.78 is 6.85. The summed E-state index contributed by atoms with van der Waals surface area (Å²) in [6, 6.07) is 3.03. The fraction of sp³-hybridized carbons (Fsp3) is 0.412. The number of imidazole rings is 1. The maximum absolute atomic E-state index is 12.5. The Bertz CT molecular complexity index is 883. The average molecular weight is 360 g/mol. The second-order valence-corrected chi connectivity index (χ2v) is 7.03. The number of rotatable bonds is 2. The first-order chi connectivity index (χ1) is 12.1. The number of fused-ring (bicyclic) bond motifs is 1. The van der Waals surface area contributed by atoms with Crippen LogP contribution in [0.4, 0.5) is 10.6 Å². The molecule has 0 aliphatic carbocycles. The Kier molecular flexibility index (Phi) is 4.31. The van der Waals surface area contributed by atoms with Crippen LogP contribution in [0.15, 0.2) is 24.5 Å². The summed E-state index contributed by atoms with van der Waals surface area (Å²) in [6.45, 7) is 5.83. The highest BCUT2D eigenvalue weighted by Crippen LogP contribution is 2.19. The van der Waals surface area contributed by atoms with Crippen LogP contribution in [0.3, 0.4) is 0 Å². The number of aromatic nitrogens is 2. The number of aromatic carboxylic acids is 1. The first kappa shape index (κ1) is 17.7. The number of anilines is 1. The van der Waals surface area contributed by atoms with Crippen molar-refractivity contribution in [3.63, 3.8) is 0 Å². The zero-order valence-corrected chi connectivity index (χ0v) is 14.8. The van der Waals surface area contributed by atoms with E-state index in [4.69, 9.17) is 9.84 Å². The van der Waals surface area contributed by atoms with E-state index >= 15 is 0 Å². The molecule has 0 aromatic carbocycles. The average Bonchev–Trinajstić information content (AvgIpc) is 2.95. The Morgan fingerprint density at radius 1 is 1.19 bits per heavy atom. The Morgan fingerprint density at radius 3 is 2.54 bits per heavy atom. The number of amides is 2. The molecule has 0 saturated carbocycles. The highest BCUT2D eigenvalue weighted by atomic mass is 16.6. The Labute approximate surface area is 149 Å². The molecule has 1 aliphatic heterocycles. The van der Waals surface area contributed by atoms with Gasteiger partial charge >= 0.3 is 12.1 Å². The Morgan fingerprint density at radius 2 is 1.92 bits per heavy atom. The van der Waals surface area contributed by atoms with Crippen LogP contribution >= 0.6 is 0 Å². The number of carboxylic acid groups (broad SMARTS) is 1. The molecular weight excluding hydrogens is 340 g/mol. The number of hydrogen-bond acceptors (Lipinski definition) is 5. The van der Waals surface area contributed by atoms with E-state index in [1.807, 2.05) is 0 Å². The van der Waals surface area contributed by atoms with Gasteiger partial charge in [-0.2, -0.15) is 0 Å². The fourth-order valence-corrected chi connectivity index (χ4v) is 2.63. The number of carboxylic acids is 1. The van der Waals surface area contributed by atoms with E-state index in [1.165, 1.54) is 22.1 Å². The smallest absolute Gasteiger partial charge is 0.410 e. The SMILES string of the molecule is CC(C)(C)OC(=O)N1CCN(c2cn3cc(C(=O)O)ccc3n2)C(=O)C1. The largest absolute Gasteiger partial charge is 0.478 e. The van der Waals surface area contributed by atoms with Gasteiger partial charge in [0.2, 0.25) is 5.91 Å². The molecular formula is C17H20N4O5. The Hall–Kier alpha value is -3.10. The second-order valence-electron chi connectivity index (χ2n) is 7.03. The lowest BCUT2D eigenvalue weighted by Gasteiger charge is -2.34. The third-order valence-electron chi connectivity index (χ3n) is 3.83. The molecule has 0 atom stereocenters. The highest BCUT2D eigenvalue weighted by molar-refractivity contribution is 5.96. The van der Waals surface area contributed by atoms with Crippen LogP contribution in [-0.2, 0) is 9.53 Å². The fourth-order valence-electron chi connectivity index (χ4n) is 2.63. The predicted octanol–water partition coefficient (Wildman–Crippen LogP) is 1.62. The van der Waals surface area contributed by atoms with Crippen LogP contribution in [0.25, 0.3) is 5.65 Å². The lowest BCUT2D eigenvalue weighted by molar-refractivity contribution is -0.121. The maximum Gasteiger partial charge on any atom is 0.410 e. The van der Waals surface area contributed by atoms with Crippen LogP contribution < -0.4 is 4.90 Å². The van der Waals surface area contributed by atoms with Crippen LogP contribution in [0.1, 0.15) is 31.1 Å². The van der Waals surface area contributed by atoms with E-state index in [-0.39, 0.29) is 24.6 Å². The number of nitrogens with zero attached hydrogens (tertiary/aromatic N) is 4. The van der Waals surface area contributed by atoms with Crippen molar-refractivity contribution in [3.05, 3.63) is 30.1 Å². The lowest BCUT2D eigenvalue weighted by atomic mass is 10.2. The van der Waals surface area contributed by atoms with Crippen LogP contribution in [0.5, 0.6) is 0 Å². The van der Waals surface area contributed by atoms with Crippen LogP contribution in [-0.4, -0.2) is 62.6 Å². The summed E-state index contributed by atoms with van der Waals surface area (Å²) in [5, 5.41) is 9.06. The van der Waals surface area contributed by atoms with Crippen molar-refractivity contribution in [2.45, 2.75) is 26.4 Å². The van der Waals surface area contributed by atoms with Crippen LogP contribution in [0.2, 0.25) is 0 Å². The Balaban J connectivity index is 1.75. The minimum Gasteiger partial charge on any atom is -0.478 e. The van der Waals surface area contributed by atoms with Crippen LogP contribution in [0, 0.1) is 0 Å². The molecule has 0 bridgehead atoms. The summed E-state index contributed by atoms with van der Waals surface area (Å²) >= 11 is 0. The molecule has 0 unspecified atom stereocenters. The second kappa shape index (κ2) is 6.32. The third kappa shape index (κ3) is 3.61. The number of carbonyl (C=O) groups is 3. The van der Waals surface area contributed by atoms with Crippen molar-refractivity contribution in [2.75, 3.05) is 24.5 Å². The molecule has 0 spiro atoms. The number of piperazine rings is 1. The number of carbonyl (C=O) groups excluding carboxylic acids is 2. The van der Waals surface area contributed by atoms with E-state index < -0.39 is 17.7 Å². The van der Waals surface area contributed by atoms with Gasteiger partial charge < -0.3 is 14.2 Å². The van der Waals surface area contributed by atoms with Gasteiger partial charge in [-0.15, -0.1) is 0 Å². The van der Waals surface area contributed by atoms with E-state index in [0.717, 1.165) is 0 Å². The molecule has 1 N–H and O–H groups in total. The molecule has 138 valence electrons. The first-order valence-corrected chi connectivity index (χ1v) is 8.14. The van der Waals surface area contributed by atoms with Gasteiger partial charge in [0.25, 0.3) is 0 Å². The summed E-state index contributed by atoms with van der Waals surface area (Å²) in [5.74, 6) is -0.894. The van der Waals surface area contributed by atoms with Crippen molar-refractivity contribution in [3.8, 4) is 0 Å². The predicted molar refractivity (Wildman–Crippen MR) is 92.3 cm³/mol. The highest BCUT2D eigenvalue weighted by Gasteiger charge is 2.31. The third-order valence-corrected chi connectivity index (χ3v) is 3.83. The van der Waals surface area contributed by atoms with Gasteiger partial charge in [0.1, 0.15) is 17.8 Å². The van der Waals surface area contributed by atoms with Gasteiger partial charge in [-0.1, -0.05) is 0 Å².